The lowest BCUT2D eigenvalue weighted by molar-refractivity contribution is -0.131. The van der Waals surface area contributed by atoms with Crippen LogP contribution in [0, 0.1) is 0 Å². The van der Waals surface area contributed by atoms with Gasteiger partial charge in [-0.05, 0) is 37.8 Å². The molecule has 1 unspecified atom stereocenters. The van der Waals surface area contributed by atoms with E-state index in [1.807, 2.05) is 18.2 Å². The Bertz CT molecular complexity index is 614. The fraction of sp³-hybridized carbons (Fsp3) is 0.529. The molecular formula is C17H22ClN3O2. The fourth-order valence-electron chi connectivity index (χ4n) is 3.45. The molecule has 1 aliphatic heterocycles. The number of rotatable bonds is 3. The molecule has 23 heavy (non-hydrogen) atoms. The van der Waals surface area contributed by atoms with Crippen molar-refractivity contribution >= 4 is 29.1 Å². The number of para-hydroxylation sites is 1. The molecule has 1 heterocycles. The summed E-state index contributed by atoms with van der Waals surface area (Å²) in [5.41, 5.74) is 6.06. The second-order valence-electron chi connectivity index (χ2n) is 6.47. The number of hydrogen-bond acceptors (Lipinski definition) is 3. The zero-order valence-corrected chi connectivity index (χ0v) is 13.8. The van der Waals surface area contributed by atoms with E-state index in [4.69, 9.17) is 17.3 Å². The first kappa shape index (κ1) is 16.3. The van der Waals surface area contributed by atoms with Crippen molar-refractivity contribution in [1.29, 1.82) is 0 Å². The monoisotopic (exact) mass is 335 g/mol. The van der Waals surface area contributed by atoms with E-state index < -0.39 is 11.6 Å². The molecule has 3 rings (SSSR count). The van der Waals surface area contributed by atoms with Gasteiger partial charge in [0.15, 0.2) is 0 Å². The van der Waals surface area contributed by atoms with Crippen LogP contribution in [0.5, 0.6) is 0 Å². The fourth-order valence-corrected chi connectivity index (χ4v) is 3.69. The molecule has 0 spiro atoms. The Hall–Kier alpha value is -1.59. The zero-order valence-electron chi connectivity index (χ0n) is 13.1. The number of hydrogen-bond donors (Lipinski definition) is 2. The van der Waals surface area contributed by atoms with Gasteiger partial charge in [-0.25, -0.2) is 0 Å². The van der Waals surface area contributed by atoms with Crippen molar-refractivity contribution in [1.82, 2.24) is 5.32 Å². The smallest absolute Gasteiger partial charge is 0.249 e. The van der Waals surface area contributed by atoms with Crippen LogP contribution in [0.15, 0.2) is 24.3 Å². The van der Waals surface area contributed by atoms with Crippen LogP contribution in [0.4, 0.5) is 5.69 Å². The Kier molecular flexibility index (Phi) is 4.60. The van der Waals surface area contributed by atoms with Crippen molar-refractivity contribution in [2.75, 3.05) is 11.4 Å². The number of nitrogens with one attached hydrogen (secondary N) is 1. The standard InChI is InChI=1S/C17H22ClN3O2/c18-12-6-1-2-8-14(12)21-11-5-7-13(15(21)22)20-16(23)17(19)9-3-4-10-17/h1-2,6,8,13H,3-5,7,9-11,19H2,(H,20,23). The molecule has 2 amide bonds. The average Bonchev–Trinajstić information content (AvgIpc) is 2.98. The number of halogens is 1. The van der Waals surface area contributed by atoms with Gasteiger partial charge in [-0.1, -0.05) is 36.6 Å². The molecule has 1 saturated carbocycles. The van der Waals surface area contributed by atoms with Gasteiger partial charge in [0.2, 0.25) is 11.8 Å². The molecule has 1 atom stereocenters. The van der Waals surface area contributed by atoms with E-state index in [0.29, 0.717) is 36.5 Å². The van der Waals surface area contributed by atoms with E-state index in [-0.39, 0.29) is 11.8 Å². The molecule has 0 aromatic heterocycles. The van der Waals surface area contributed by atoms with Crippen molar-refractivity contribution in [3.05, 3.63) is 29.3 Å². The minimum Gasteiger partial charge on any atom is -0.343 e. The van der Waals surface area contributed by atoms with Crippen LogP contribution in [0.25, 0.3) is 0 Å². The lowest BCUT2D eigenvalue weighted by Gasteiger charge is -2.34. The van der Waals surface area contributed by atoms with E-state index in [0.717, 1.165) is 19.3 Å². The summed E-state index contributed by atoms with van der Waals surface area (Å²) in [5, 5.41) is 3.41. The quantitative estimate of drug-likeness (QED) is 0.889. The van der Waals surface area contributed by atoms with Gasteiger partial charge in [0.25, 0.3) is 0 Å². The van der Waals surface area contributed by atoms with Crippen LogP contribution in [0.2, 0.25) is 5.02 Å². The van der Waals surface area contributed by atoms with Crippen molar-refractivity contribution in [3.63, 3.8) is 0 Å². The molecule has 2 aliphatic rings. The number of anilines is 1. The number of carbonyl (C=O) groups is 2. The van der Waals surface area contributed by atoms with E-state index in [1.165, 1.54) is 0 Å². The van der Waals surface area contributed by atoms with Crippen molar-refractivity contribution in [2.24, 2.45) is 5.73 Å². The molecule has 2 fully saturated rings. The number of carbonyl (C=O) groups excluding carboxylic acids is 2. The zero-order chi connectivity index (χ0) is 16.4. The number of amides is 2. The average molecular weight is 336 g/mol. The van der Waals surface area contributed by atoms with Crippen molar-refractivity contribution < 1.29 is 9.59 Å². The Labute approximate surface area is 141 Å². The van der Waals surface area contributed by atoms with Crippen molar-refractivity contribution in [2.45, 2.75) is 50.1 Å². The Balaban J connectivity index is 1.73. The van der Waals surface area contributed by atoms with Gasteiger partial charge < -0.3 is 16.0 Å². The van der Waals surface area contributed by atoms with Crippen LogP contribution in [-0.4, -0.2) is 29.9 Å². The molecular weight excluding hydrogens is 314 g/mol. The minimum atomic E-state index is -0.813. The first-order valence-electron chi connectivity index (χ1n) is 8.17. The second-order valence-corrected chi connectivity index (χ2v) is 6.88. The van der Waals surface area contributed by atoms with Gasteiger partial charge in [0.1, 0.15) is 6.04 Å². The summed E-state index contributed by atoms with van der Waals surface area (Å²) in [6.45, 7) is 0.614. The molecule has 124 valence electrons. The van der Waals surface area contributed by atoms with E-state index >= 15 is 0 Å². The Morgan fingerprint density at radius 2 is 1.96 bits per heavy atom. The number of nitrogens with two attached hydrogens (primary N) is 1. The number of nitrogens with zero attached hydrogens (tertiary/aromatic N) is 1. The van der Waals surface area contributed by atoms with Gasteiger partial charge in [0, 0.05) is 6.54 Å². The van der Waals surface area contributed by atoms with Gasteiger partial charge in [-0.15, -0.1) is 0 Å². The molecule has 0 bridgehead atoms. The summed E-state index contributed by atoms with van der Waals surface area (Å²) < 4.78 is 0. The number of benzene rings is 1. The first-order valence-corrected chi connectivity index (χ1v) is 8.55. The lowest BCUT2D eigenvalue weighted by Crippen LogP contribution is -2.59. The summed E-state index contributed by atoms with van der Waals surface area (Å²) in [6, 6.07) is 6.75. The summed E-state index contributed by atoms with van der Waals surface area (Å²) in [5.74, 6) is -0.311. The number of piperidine rings is 1. The summed E-state index contributed by atoms with van der Waals surface area (Å²) >= 11 is 6.20. The van der Waals surface area contributed by atoms with Crippen LogP contribution in [0.3, 0.4) is 0 Å². The highest BCUT2D eigenvalue weighted by atomic mass is 35.5. The van der Waals surface area contributed by atoms with Gasteiger partial charge in [-0.2, -0.15) is 0 Å². The summed E-state index contributed by atoms with van der Waals surface area (Å²) in [6.07, 6.45) is 4.77. The van der Waals surface area contributed by atoms with Gasteiger partial charge in [0.05, 0.1) is 16.2 Å². The van der Waals surface area contributed by atoms with E-state index in [9.17, 15) is 9.59 Å². The van der Waals surface area contributed by atoms with E-state index in [2.05, 4.69) is 5.32 Å². The second kappa shape index (κ2) is 6.49. The van der Waals surface area contributed by atoms with Crippen molar-refractivity contribution in [3.8, 4) is 0 Å². The topological polar surface area (TPSA) is 75.4 Å². The van der Waals surface area contributed by atoms with Crippen LogP contribution < -0.4 is 16.0 Å². The highest BCUT2D eigenvalue weighted by molar-refractivity contribution is 6.33. The molecule has 1 aromatic carbocycles. The third-order valence-electron chi connectivity index (χ3n) is 4.84. The SMILES string of the molecule is NC1(C(=O)NC2CCCN(c3ccccc3Cl)C2=O)CCCC1. The third-order valence-corrected chi connectivity index (χ3v) is 5.15. The molecule has 5 nitrogen and oxygen atoms in total. The Morgan fingerprint density at radius 3 is 2.65 bits per heavy atom. The van der Waals surface area contributed by atoms with Gasteiger partial charge >= 0.3 is 0 Å². The molecule has 0 radical (unpaired) electrons. The summed E-state index contributed by atoms with van der Waals surface area (Å²) in [7, 11) is 0. The third kappa shape index (κ3) is 3.21. The van der Waals surface area contributed by atoms with Crippen LogP contribution in [-0.2, 0) is 9.59 Å². The molecule has 6 heteroatoms. The highest BCUT2D eigenvalue weighted by Crippen LogP contribution is 2.30. The highest BCUT2D eigenvalue weighted by Gasteiger charge is 2.40. The largest absolute Gasteiger partial charge is 0.343 e. The normalized spacial score (nSPS) is 23.8. The predicted molar refractivity (Wildman–Crippen MR) is 90.4 cm³/mol. The Morgan fingerprint density at radius 1 is 1.26 bits per heavy atom. The van der Waals surface area contributed by atoms with Crippen LogP contribution in [0.1, 0.15) is 38.5 Å². The maximum absolute atomic E-state index is 12.7. The predicted octanol–water partition coefficient (Wildman–Crippen LogP) is 2.22. The summed E-state index contributed by atoms with van der Waals surface area (Å²) in [4.78, 5) is 26.9. The van der Waals surface area contributed by atoms with Gasteiger partial charge in [-0.3, -0.25) is 9.59 Å². The molecule has 3 N–H and O–H groups in total. The first-order chi connectivity index (χ1) is 11.0. The molecule has 1 aromatic rings. The lowest BCUT2D eigenvalue weighted by atomic mass is 9.96. The minimum absolute atomic E-state index is 0.112. The molecule has 1 aliphatic carbocycles. The molecule has 1 saturated heterocycles. The van der Waals surface area contributed by atoms with E-state index in [1.54, 1.807) is 11.0 Å². The van der Waals surface area contributed by atoms with Crippen LogP contribution >= 0.6 is 11.6 Å². The maximum Gasteiger partial charge on any atom is 0.249 e. The maximum atomic E-state index is 12.7.